The molecule has 1 N–H and O–H groups in total. The maximum Gasteiger partial charge on any atom is 0.126 e. The highest BCUT2D eigenvalue weighted by atomic mass is 79.9. The Balaban J connectivity index is 2.12. The third kappa shape index (κ3) is 2.34. The van der Waals surface area contributed by atoms with E-state index in [0.29, 0.717) is 0 Å². The van der Waals surface area contributed by atoms with Crippen LogP contribution in [0.2, 0.25) is 0 Å². The van der Waals surface area contributed by atoms with E-state index in [4.69, 9.17) is 0 Å². The Hall–Kier alpha value is -2.07. The Morgan fingerprint density at radius 3 is 2.50 bits per heavy atom. The maximum absolute atomic E-state index is 10.1. The molecule has 0 saturated carbocycles. The fourth-order valence-corrected chi connectivity index (χ4v) is 2.47. The second kappa shape index (κ2) is 5.13. The molecule has 0 aliphatic rings. The molecule has 0 fully saturated rings. The lowest BCUT2D eigenvalue weighted by Crippen LogP contribution is -1.98. The van der Waals surface area contributed by atoms with Crippen LogP contribution < -0.4 is 0 Å². The minimum atomic E-state index is 0.230. The predicted octanol–water partition coefficient (Wildman–Crippen LogP) is 4.32. The van der Waals surface area contributed by atoms with Gasteiger partial charge in [0.25, 0.3) is 0 Å². The van der Waals surface area contributed by atoms with E-state index in [1.54, 1.807) is 12.3 Å². The second-order valence-corrected chi connectivity index (χ2v) is 5.54. The molecule has 0 atom stereocenters. The summed E-state index contributed by atoms with van der Waals surface area (Å²) in [6, 6.07) is 15.5. The molecule has 1 heterocycles. The normalized spacial score (nSPS) is 10.7. The maximum atomic E-state index is 10.1. The van der Waals surface area contributed by atoms with Crippen LogP contribution in [0.15, 0.2) is 59.2 Å². The lowest BCUT2D eigenvalue weighted by Gasteiger charge is -2.09. The molecule has 0 spiro atoms. The smallest absolute Gasteiger partial charge is 0.126 e. The van der Waals surface area contributed by atoms with Crippen molar-refractivity contribution in [3.8, 4) is 22.7 Å². The van der Waals surface area contributed by atoms with Gasteiger partial charge in [-0.05, 0) is 43.3 Å². The van der Waals surface area contributed by atoms with Crippen molar-refractivity contribution in [3.63, 3.8) is 0 Å². The van der Waals surface area contributed by atoms with E-state index >= 15 is 0 Å². The lowest BCUT2D eigenvalue weighted by molar-refractivity contribution is 0.476. The number of phenols is 1. The fourth-order valence-electron chi connectivity index (χ4n) is 2.12. The van der Waals surface area contributed by atoms with Crippen LogP contribution in [0.3, 0.4) is 0 Å². The molecule has 3 aromatic rings. The van der Waals surface area contributed by atoms with Gasteiger partial charge in [-0.25, -0.2) is 4.68 Å². The highest BCUT2D eigenvalue weighted by Crippen LogP contribution is 2.32. The molecule has 1 aromatic heterocycles. The quantitative estimate of drug-likeness (QED) is 0.760. The largest absolute Gasteiger partial charge is 0.507 e. The van der Waals surface area contributed by atoms with E-state index in [-0.39, 0.29) is 5.75 Å². The average Bonchev–Trinajstić information content (AvgIpc) is 2.88. The number of hydrogen-bond donors (Lipinski definition) is 1. The van der Waals surface area contributed by atoms with Crippen LogP contribution in [-0.2, 0) is 0 Å². The molecule has 3 nitrogen and oxygen atoms in total. The monoisotopic (exact) mass is 328 g/mol. The van der Waals surface area contributed by atoms with Crippen LogP contribution in [0, 0.1) is 6.92 Å². The summed E-state index contributed by atoms with van der Waals surface area (Å²) in [6.07, 6.45) is 1.73. The Kier molecular flexibility index (Phi) is 3.32. The fraction of sp³-hybridized carbons (Fsp3) is 0.0625. The van der Waals surface area contributed by atoms with Gasteiger partial charge in [-0.2, -0.15) is 5.10 Å². The molecule has 100 valence electrons. The van der Waals surface area contributed by atoms with E-state index in [9.17, 15) is 5.11 Å². The first-order valence-corrected chi connectivity index (χ1v) is 7.04. The highest BCUT2D eigenvalue weighted by Gasteiger charge is 2.11. The summed E-state index contributed by atoms with van der Waals surface area (Å²) in [5.74, 6) is 0.230. The summed E-state index contributed by atoms with van der Waals surface area (Å²) in [7, 11) is 0. The molecule has 0 aliphatic heterocycles. The van der Waals surface area contributed by atoms with Crippen LogP contribution in [0.4, 0.5) is 0 Å². The minimum Gasteiger partial charge on any atom is -0.507 e. The topological polar surface area (TPSA) is 38.0 Å². The molecule has 0 aliphatic carbocycles. The molecule has 3 rings (SSSR count). The molecular weight excluding hydrogens is 316 g/mol. The lowest BCUT2D eigenvalue weighted by atomic mass is 10.1. The van der Waals surface area contributed by atoms with Crippen LogP contribution in [0.5, 0.6) is 5.75 Å². The van der Waals surface area contributed by atoms with Gasteiger partial charge < -0.3 is 5.11 Å². The Labute approximate surface area is 125 Å². The first-order valence-electron chi connectivity index (χ1n) is 6.25. The van der Waals surface area contributed by atoms with E-state index in [1.165, 1.54) is 5.56 Å². The van der Waals surface area contributed by atoms with Crippen molar-refractivity contribution in [2.45, 2.75) is 6.92 Å². The van der Waals surface area contributed by atoms with Crippen LogP contribution >= 0.6 is 15.9 Å². The van der Waals surface area contributed by atoms with Gasteiger partial charge in [0.1, 0.15) is 5.75 Å². The third-order valence-electron chi connectivity index (χ3n) is 3.16. The zero-order valence-corrected chi connectivity index (χ0v) is 12.5. The van der Waals surface area contributed by atoms with Crippen molar-refractivity contribution in [1.82, 2.24) is 9.78 Å². The standard InChI is InChI=1S/C16H13BrN2O/c1-11-2-5-13(6-3-11)19-15(8-9-18-19)14-7-4-12(17)10-16(14)20/h2-10,20H,1H3. The average molecular weight is 329 g/mol. The van der Waals surface area contributed by atoms with Crippen molar-refractivity contribution >= 4 is 15.9 Å². The molecule has 0 radical (unpaired) electrons. The van der Waals surface area contributed by atoms with Gasteiger partial charge in [-0.15, -0.1) is 0 Å². The van der Waals surface area contributed by atoms with Crippen LogP contribution in [0.1, 0.15) is 5.56 Å². The number of halogens is 1. The van der Waals surface area contributed by atoms with Crippen molar-refractivity contribution in [1.29, 1.82) is 0 Å². The molecule has 0 amide bonds. The number of hydrogen-bond acceptors (Lipinski definition) is 2. The number of aromatic hydroxyl groups is 1. The summed E-state index contributed by atoms with van der Waals surface area (Å²) >= 11 is 3.35. The molecular formula is C16H13BrN2O. The number of aryl methyl sites for hydroxylation is 1. The van der Waals surface area contributed by atoms with Gasteiger partial charge in [0.15, 0.2) is 0 Å². The molecule has 2 aromatic carbocycles. The van der Waals surface area contributed by atoms with E-state index in [1.807, 2.05) is 54.1 Å². The number of benzene rings is 2. The Bertz CT molecular complexity index is 747. The number of nitrogens with zero attached hydrogens (tertiary/aromatic N) is 2. The molecule has 0 bridgehead atoms. The number of phenolic OH excluding ortho intramolecular Hbond substituents is 1. The SMILES string of the molecule is Cc1ccc(-n2nccc2-c2ccc(Br)cc2O)cc1. The summed E-state index contributed by atoms with van der Waals surface area (Å²) in [5, 5.41) is 14.5. The third-order valence-corrected chi connectivity index (χ3v) is 3.65. The molecule has 4 heteroatoms. The van der Waals surface area contributed by atoms with Crippen LogP contribution in [-0.4, -0.2) is 14.9 Å². The Morgan fingerprint density at radius 2 is 1.80 bits per heavy atom. The first-order chi connectivity index (χ1) is 9.65. The van der Waals surface area contributed by atoms with Gasteiger partial charge >= 0.3 is 0 Å². The van der Waals surface area contributed by atoms with Crippen molar-refractivity contribution < 1.29 is 5.11 Å². The summed E-state index contributed by atoms with van der Waals surface area (Å²) in [5.41, 5.74) is 3.79. The van der Waals surface area contributed by atoms with Crippen molar-refractivity contribution in [2.24, 2.45) is 0 Å². The summed E-state index contributed by atoms with van der Waals surface area (Å²) in [6.45, 7) is 2.05. The van der Waals surface area contributed by atoms with Gasteiger partial charge in [-0.1, -0.05) is 33.6 Å². The highest BCUT2D eigenvalue weighted by molar-refractivity contribution is 9.10. The van der Waals surface area contributed by atoms with Gasteiger partial charge in [0.05, 0.1) is 17.6 Å². The summed E-state index contributed by atoms with van der Waals surface area (Å²) < 4.78 is 2.67. The number of rotatable bonds is 2. The van der Waals surface area contributed by atoms with E-state index in [0.717, 1.165) is 21.4 Å². The second-order valence-electron chi connectivity index (χ2n) is 4.63. The Morgan fingerprint density at radius 1 is 1.05 bits per heavy atom. The van der Waals surface area contributed by atoms with Crippen molar-refractivity contribution in [3.05, 3.63) is 64.8 Å². The molecule has 0 saturated heterocycles. The van der Waals surface area contributed by atoms with Gasteiger partial charge in [-0.3, -0.25) is 0 Å². The molecule has 20 heavy (non-hydrogen) atoms. The van der Waals surface area contributed by atoms with Gasteiger partial charge in [0.2, 0.25) is 0 Å². The molecule has 0 unspecified atom stereocenters. The summed E-state index contributed by atoms with van der Waals surface area (Å²) in [4.78, 5) is 0. The zero-order chi connectivity index (χ0) is 14.1. The van der Waals surface area contributed by atoms with Crippen LogP contribution in [0.25, 0.3) is 16.9 Å². The van der Waals surface area contributed by atoms with E-state index < -0.39 is 0 Å². The first kappa shape index (κ1) is 12.9. The van der Waals surface area contributed by atoms with Gasteiger partial charge in [0, 0.05) is 10.0 Å². The minimum absolute atomic E-state index is 0.230. The predicted molar refractivity (Wildman–Crippen MR) is 83.1 cm³/mol. The zero-order valence-electron chi connectivity index (χ0n) is 10.9. The number of aromatic nitrogens is 2. The van der Waals surface area contributed by atoms with E-state index in [2.05, 4.69) is 21.0 Å². The van der Waals surface area contributed by atoms with Crippen molar-refractivity contribution in [2.75, 3.05) is 0 Å².